The molecule has 2 atom stereocenters. The number of nitrogens with zero attached hydrogens (tertiary/aromatic N) is 2. The fraction of sp³-hybridized carbons (Fsp3) is 0.286. The number of benzene rings is 1. The molecule has 2 rings (SSSR count). The molecule has 1 aliphatic heterocycles. The van der Waals surface area contributed by atoms with Crippen LogP contribution in [0, 0.1) is 11.1 Å². The van der Waals surface area contributed by atoms with Crippen molar-refractivity contribution >= 4 is 17.8 Å². The molecular weight excluding hydrogens is 244 g/mol. The highest BCUT2D eigenvalue weighted by Crippen LogP contribution is 2.33. The Morgan fingerprint density at radius 2 is 2.05 bits per heavy atom. The number of rotatable bonds is 4. The summed E-state index contributed by atoms with van der Waals surface area (Å²) >= 11 is 0. The second kappa shape index (κ2) is 5.14. The van der Waals surface area contributed by atoms with Crippen molar-refractivity contribution in [3.8, 4) is 5.75 Å². The second-order valence-corrected chi connectivity index (χ2v) is 4.35. The number of amides is 1. The molecule has 0 spiro atoms. The number of anilines is 1. The van der Waals surface area contributed by atoms with Crippen LogP contribution in [0.2, 0.25) is 0 Å². The van der Waals surface area contributed by atoms with Crippen LogP contribution in [0.4, 0.5) is 5.69 Å². The van der Waals surface area contributed by atoms with E-state index in [9.17, 15) is 10.0 Å². The van der Waals surface area contributed by atoms with E-state index in [-0.39, 0.29) is 17.9 Å². The third-order valence-electron chi connectivity index (χ3n) is 3.16. The van der Waals surface area contributed by atoms with Crippen molar-refractivity contribution in [2.75, 3.05) is 19.1 Å². The lowest BCUT2D eigenvalue weighted by molar-refractivity contribution is -0.419. The summed E-state index contributed by atoms with van der Waals surface area (Å²) in [6, 6.07) is 6.87. The molecule has 0 unspecified atom stereocenters. The number of hydrogen-bond donors (Lipinski definition) is 0. The van der Waals surface area contributed by atoms with Gasteiger partial charge in [-0.2, -0.15) is 0 Å². The van der Waals surface area contributed by atoms with Gasteiger partial charge in [0.25, 0.3) is 0 Å². The summed E-state index contributed by atoms with van der Waals surface area (Å²) in [6.45, 7) is 3.64. The van der Waals surface area contributed by atoms with Crippen LogP contribution in [0.5, 0.6) is 5.75 Å². The molecule has 1 heterocycles. The average molecular weight is 260 g/mol. The molecule has 1 aromatic rings. The molecule has 100 valence electrons. The Bertz CT molecular complexity index is 518. The number of hydrogen-bond acceptors (Lipinski definition) is 3. The number of carbonyl (C=O) groups excluding carboxylic acids is 1. The summed E-state index contributed by atoms with van der Waals surface area (Å²) in [4.78, 5) is 13.6. The molecule has 0 aromatic heterocycles. The van der Waals surface area contributed by atoms with Crippen molar-refractivity contribution in [2.24, 2.45) is 5.92 Å². The minimum absolute atomic E-state index is 0.0525. The first-order chi connectivity index (χ1) is 9.08. The fourth-order valence-corrected chi connectivity index (χ4v) is 2.19. The van der Waals surface area contributed by atoms with Crippen molar-refractivity contribution < 1.29 is 14.3 Å². The zero-order valence-corrected chi connectivity index (χ0v) is 10.9. The molecule has 1 aromatic carbocycles. The van der Waals surface area contributed by atoms with Gasteiger partial charge in [0.15, 0.2) is 6.21 Å². The summed E-state index contributed by atoms with van der Waals surface area (Å²) in [6.07, 6.45) is 3.05. The van der Waals surface area contributed by atoms with Gasteiger partial charge in [-0.3, -0.25) is 9.69 Å². The predicted molar refractivity (Wildman–Crippen MR) is 73.6 cm³/mol. The lowest BCUT2D eigenvalue weighted by Gasteiger charge is -2.42. The van der Waals surface area contributed by atoms with Gasteiger partial charge in [-0.15, -0.1) is 6.58 Å². The fourth-order valence-electron chi connectivity index (χ4n) is 2.19. The highest BCUT2D eigenvalue weighted by molar-refractivity contribution is 6.09. The number of ether oxygens (including phenoxy) is 1. The Hall–Kier alpha value is -2.30. The Balaban J connectivity index is 2.28. The van der Waals surface area contributed by atoms with Gasteiger partial charge in [0.1, 0.15) is 18.8 Å². The van der Waals surface area contributed by atoms with Crippen LogP contribution in [-0.2, 0) is 4.79 Å². The maximum atomic E-state index is 12.0. The number of methoxy groups -OCH3 is 1. The van der Waals surface area contributed by atoms with Crippen molar-refractivity contribution in [1.82, 2.24) is 0 Å². The van der Waals surface area contributed by atoms with E-state index in [1.165, 1.54) is 13.3 Å². The van der Waals surface area contributed by atoms with Gasteiger partial charge >= 0.3 is 0 Å². The van der Waals surface area contributed by atoms with Crippen LogP contribution in [0.15, 0.2) is 36.9 Å². The van der Waals surface area contributed by atoms with Crippen LogP contribution in [0.3, 0.4) is 0 Å². The molecule has 0 aliphatic carbocycles. The summed E-state index contributed by atoms with van der Waals surface area (Å²) in [5, 5.41) is 11.2. The molecule has 19 heavy (non-hydrogen) atoms. The van der Waals surface area contributed by atoms with Gasteiger partial charge in [-0.05, 0) is 24.3 Å². The van der Waals surface area contributed by atoms with Crippen LogP contribution < -0.4 is 9.64 Å². The molecule has 1 aliphatic rings. The minimum Gasteiger partial charge on any atom is -0.624 e. The van der Waals surface area contributed by atoms with Crippen molar-refractivity contribution in [3.05, 3.63) is 42.1 Å². The number of carbonyl (C=O) groups is 1. The summed E-state index contributed by atoms with van der Waals surface area (Å²) < 4.78 is 5.79. The van der Waals surface area contributed by atoms with Gasteiger partial charge in [0.2, 0.25) is 5.91 Å². The normalized spacial score (nSPS) is 22.9. The van der Waals surface area contributed by atoms with E-state index in [1.54, 1.807) is 42.4 Å². The topological polar surface area (TPSA) is 55.6 Å². The number of hydroxylamine groups is 1. The molecule has 5 nitrogen and oxygen atoms in total. The first kappa shape index (κ1) is 13.1. The standard InChI is InChI=1S/C14H16N2O3/c1-4-12-13(9-15(2)18)16(14(12)17)10-5-7-11(19-3)8-6-10/h4-9,12-13H,1H2,2-3H3/b15-9-/t12-,13+/m0/s1. The molecule has 1 saturated heterocycles. The van der Waals surface area contributed by atoms with Crippen LogP contribution in [0.1, 0.15) is 0 Å². The minimum atomic E-state index is -0.335. The van der Waals surface area contributed by atoms with Crippen LogP contribution in [-0.4, -0.2) is 37.1 Å². The number of β-lactam (4-membered cyclic amide) rings is 1. The Morgan fingerprint density at radius 3 is 2.53 bits per heavy atom. The smallest absolute Gasteiger partial charge is 0.237 e. The van der Waals surface area contributed by atoms with E-state index < -0.39 is 0 Å². The van der Waals surface area contributed by atoms with Gasteiger partial charge in [0, 0.05) is 5.69 Å². The monoisotopic (exact) mass is 260 g/mol. The van der Waals surface area contributed by atoms with E-state index in [2.05, 4.69) is 6.58 Å². The molecule has 0 N–H and O–H groups in total. The summed E-state index contributed by atoms with van der Waals surface area (Å²) in [5.74, 6) is 0.334. The summed E-state index contributed by atoms with van der Waals surface area (Å²) in [5.41, 5.74) is 0.743. The van der Waals surface area contributed by atoms with Crippen LogP contribution in [0.25, 0.3) is 0 Å². The third-order valence-corrected chi connectivity index (χ3v) is 3.16. The first-order valence-corrected chi connectivity index (χ1v) is 5.93. The molecule has 0 radical (unpaired) electrons. The van der Waals surface area contributed by atoms with Crippen molar-refractivity contribution in [1.29, 1.82) is 0 Å². The second-order valence-electron chi connectivity index (χ2n) is 4.35. The maximum absolute atomic E-state index is 12.0. The first-order valence-electron chi connectivity index (χ1n) is 5.93. The zero-order chi connectivity index (χ0) is 14.0. The lowest BCUT2D eigenvalue weighted by Crippen LogP contribution is -2.62. The highest BCUT2D eigenvalue weighted by atomic mass is 16.5. The summed E-state index contributed by atoms with van der Waals surface area (Å²) in [7, 11) is 2.98. The molecule has 0 saturated carbocycles. The Kier molecular flexibility index (Phi) is 3.55. The SMILES string of the molecule is C=C[C@@H]1C(=O)N(c2ccc(OC)cc2)[C@@H]1/C=[N+](/C)[O-]. The van der Waals surface area contributed by atoms with Crippen LogP contribution >= 0.6 is 0 Å². The zero-order valence-electron chi connectivity index (χ0n) is 10.9. The average Bonchev–Trinajstić information content (AvgIpc) is 2.39. The van der Waals surface area contributed by atoms with Crippen molar-refractivity contribution in [2.45, 2.75) is 6.04 Å². The van der Waals surface area contributed by atoms with E-state index in [0.29, 0.717) is 4.74 Å². The largest absolute Gasteiger partial charge is 0.624 e. The predicted octanol–water partition coefficient (Wildman–Crippen LogP) is 1.42. The Morgan fingerprint density at radius 1 is 1.42 bits per heavy atom. The molecule has 0 bridgehead atoms. The van der Waals surface area contributed by atoms with E-state index in [4.69, 9.17) is 4.74 Å². The molecule has 1 amide bonds. The Labute approximate surface area is 112 Å². The van der Waals surface area contributed by atoms with E-state index >= 15 is 0 Å². The van der Waals surface area contributed by atoms with Gasteiger partial charge in [-0.25, -0.2) is 4.74 Å². The van der Waals surface area contributed by atoms with Gasteiger partial charge < -0.3 is 9.94 Å². The van der Waals surface area contributed by atoms with Gasteiger partial charge in [-0.1, -0.05) is 6.08 Å². The van der Waals surface area contributed by atoms with Crippen molar-refractivity contribution in [3.63, 3.8) is 0 Å². The molecule has 1 fully saturated rings. The maximum Gasteiger partial charge on any atom is 0.237 e. The van der Waals surface area contributed by atoms with E-state index in [1.807, 2.05) is 0 Å². The lowest BCUT2D eigenvalue weighted by atomic mass is 9.87. The third kappa shape index (κ3) is 2.31. The highest BCUT2D eigenvalue weighted by Gasteiger charge is 2.47. The van der Waals surface area contributed by atoms with Gasteiger partial charge in [0.05, 0.1) is 13.0 Å². The quantitative estimate of drug-likeness (QED) is 0.205. The molecular formula is C14H16N2O3. The molecule has 5 heteroatoms. The van der Waals surface area contributed by atoms with E-state index in [0.717, 1.165) is 11.4 Å².